The second kappa shape index (κ2) is 13.1. The molecule has 0 aromatic carbocycles. The van der Waals surface area contributed by atoms with Gasteiger partial charge in [0.25, 0.3) is 0 Å². The first-order valence-electron chi connectivity index (χ1n) is 10.2. The van der Waals surface area contributed by atoms with Gasteiger partial charge in [0.2, 0.25) is 0 Å². The van der Waals surface area contributed by atoms with Gasteiger partial charge in [-0.25, -0.2) is 0 Å². The van der Waals surface area contributed by atoms with E-state index in [4.69, 9.17) is 0 Å². The molecule has 0 heterocycles. The van der Waals surface area contributed by atoms with Crippen molar-refractivity contribution in [1.29, 1.82) is 0 Å². The Kier molecular flexibility index (Phi) is 13.5. The zero-order valence-electron chi connectivity index (χ0n) is 17.7. The Balaban J connectivity index is 4.22. The van der Waals surface area contributed by atoms with E-state index in [2.05, 4.69) is 72.1 Å². The summed E-state index contributed by atoms with van der Waals surface area (Å²) in [6.07, 6.45) is 2.89. The molecule has 0 aromatic heterocycles. The summed E-state index contributed by atoms with van der Waals surface area (Å²) in [4.78, 5) is 5.29. The van der Waals surface area contributed by atoms with Crippen LogP contribution >= 0.6 is 0 Å². The van der Waals surface area contributed by atoms with E-state index in [1.807, 2.05) is 0 Å². The van der Waals surface area contributed by atoms with E-state index >= 15 is 0 Å². The molecule has 0 aliphatic rings. The average molecular weight is 428 g/mol. The Morgan fingerprint density at radius 3 is 1.52 bits per heavy atom. The number of rotatable bonds is 13. The fourth-order valence-corrected chi connectivity index (χ4v) is 12.5. The summed E-state index contributed by atoms with van der Waals surface area (Å²) in [5.41, 5.74) is 0. The summed E-state index contributed by atoms with van der Waals surface area (Å²) < 4.78 is 4.23. The van der Waals surface area contributed by atoms with Crippen molar-refractivity contribution in [3.05, 3.63) is 0 Å². The predicted octanol–water partition coefficient (Wildman–Crippen LogP) is 5.52. The molecule has 0 saturated heterocycles. The molecule has 0 N–H and O–H groups in total. The van der Waals surface area contributed by atoms with Crippen molar-refractivity contribution in [3.63, 3.8) is 0 Å². The molecule has 0 spiro atoms. The van der Waals surface area contributed by atoms with Gasteiger partial charge in [0.15, 0.2) is 0 Å². The topological polar surface area (TPSA) is 6.48 Å². The Morgan fingerprint density at radius 1 is 0.696 bits per heavy atom. The minimum atomic E-state index is -1.34. The third kappa shape index (κ3) is 10.4. The molecule has 0 aliphatic carbocycles. The van der Waals surface area contributed by atoms with Crippen molar-refractivity contribution in [1.82, 2.24) is 9.80 Å². The minimum absolute atomic E-state index is 0.687. The molecule has 0 fully saturated rings. The van der Waals surface area contributed by atoms with E-state index in [0.29, 0.717) is 18.1 Å². The SMILES string of the molecule is CCN(CC[CH2][In]([CH2]CCN(C(C)C)C(C)C)[CH](C)C)C(C)C. The summed E-state index contributed by atoms with van der Waals surface area (Å²) in [7, 11) is 0. The van der Waals surface area contributed by atoms with E-state index in [1.165, 1.54) is 32.5 Å². The van der Waals surface area contributed by atoms with E-state index in [1.54, 1.807) is 8.35 Å². The second-order valence-electron chi connectivity index (χ2n) is 8.44. The molecule has 3 heteroatoms. The van der Waals surface area contributed by atoms with E-state index in [-0.39, 0.29) is 0 Å². The number of nitrogens with zero attached hydrogens (tertiary/aromatic N) is 2. The molecule has 23 heavy (non-hydrogen) atoms. The van der Waals surface area contributed by atoms with Gasteiger partial charge in [-0.3, -0.25) is 0 Å². The van der Waals surface area contributed by atoms with Gasteiger partial charge in [-0.2, -0.15) is 0 Å². The van der Waals surface area contributed by atoms with Gasteiger partial charge in [-0.05, 0) is 0 Å². The molecular formula is C20H45InN2. The second-order valence-corrected chi connectivity index (χ2v) is 19.9. The van der Waals surface area contributed by atoms with Gasteiger partial charge in [-0.15, -0.1) is 0 Å². The molecule has 0 atom stereocenters. The van der Waals surface area contributed by atoms with Crippen LogP contribution in [0.5, 0.6) is 0 Å². The third-order valence-electron chi connectivity index (χ3n) is 5.42. The fourth-order valence-electron chi connectivity index (χ4n) is 3.80. The van der Waals surface area contributed by atoms with Crippen LogP contribution in [-0.2, 0) is 0 Å². The van der Waals surface area contributed by atoms with Crippen molar-refractivity contribution in [3.8, 4) is 0 Å². The first-order chi connectivity index (χ1) is 10.7. The molecule has 2 nitrogen and oxygen atoms in total. The standard InChI is InChI=1S/C9H20N.C8H18N.C3H7.In/c1-6-7-10(8(2)3)9(4)5;1-5-7-9(6-2)8(3)4;1-3-2;/h8-9H,1,6-7H2,2-5H3;8H,1,5-7H2,2-4H3;3H,1-2H3;. The maximum atomic E-state index is 2.67. The molecule has 0 radical (unpaired) electrons. The van der Waals surface area contributed by atoms with Crippen LogP contribution in [0.3, 0.4) is 0 Å². The summed E-state index contributed by atoms with van der Waals surface area (Å²) in [6.45, 7) is 25.2. The number of hydrogen-bond donors (Lipinski definition) is 0. The molecule has 0 saturated carbocycles. The Labute approximate surface area is 155 Å². The maximum absolute atomic E-state index is 2.67. The average Bonchev–Trinajstić information content (AvgIpc) is 2.43. The molecule has 0 aromatic rings. The van der Waals surface area contributed by atoms with Crippen LogP contribution in [0.4, 0.5) is 0 Å². The Morgan fingerprint density at radius 2 is 1.17 bits per heavy atom. The van der Waals surface area contributed by atoms with Gasteiger partial charge in [0, 0.05) is 0 Å². The monoisotopic (exact) mass is 428 g/mol. The zero-order chi connectivity index (χ0) is 18.0. The summed E-state index contributed by atoms with van der Waals surface area (Å²) >= 11 is -1.34. The van der Waals surface area contributed by atoms with Crippen molar-refractivity contribution in [2.45, 2.75) is 105 Å². The first kappa shape index (κ1) is 23.8. The van der Waals surface area contributed by atoms with Crippen LogP contribution in [-0.4, -0.2) is 69.0 Å². The Bertz CT molecular complexity index is 269. The van der Waals surface area contributed by atoms with Crippen LogP contribution in [0.2, 0.25) is 12.0 Å². The number of hydrogen-bond acceptors (Lipinski definition) is 2. The molecule has 0 rings (SSSR count). The molecule has 0 aliphatic heterocycles. The molecule has 0 bridgehead atoms. The van der Waals surface area contributed by atoms with Gasteiger partial charge in [0.05, 0.1) is 0 Å². The summed E-state index contributed by atoms with van der Waals surface area (Å²) in [5, 5.41) is 0. The third-order valence-corrected chi connectivity index (χ3v) is 17.4. The van der Waals surface area contributed by atoms with E-state index < -0.39 is 21.4 Å². The summed E-state index contributed by atoms with van der Waals surface area (Å²) in [6, 6.07) is 2.08. The van der Waals surface area contributed by atoms with Crippen molar-refractivity contribution < 1.29 is 0 Å². The fraction of sp³-hybridized carbons (Fsp3) is 1.00. The predicted molar refractivity (Wildman–Crippen MR) is 109 cm³/mol. The van der Waals surface area contributed by atoms with E-state index in [9.17, 15) is 0 Å². The molecule has 0 amide bonds. The molecule has 138 valence electrons. The van der Waals surface area contributed by atoms with Crippen LogP contribution in [0.15, 0.2) is 0 Å². The van der Waals surface area contributed by atoms with Crippen LogP contribution in [0, 0.1) is 0 Å². The zero-order valence-corrected chi connectivity index (χ0v) is 21.0. The van der Waals surface area contributed by atoms with Gasteiger partial charge in [0.1, 0.15) is 0 Å². The van der Waals surface area contributed by atoms with Crippen molar-refractivity contribution >= 4 is 21.4 Å². The van der Waals surface area contributed by atoms with E-state index in [0.717, 1.165) is 3.67 Å². The quantitative estimate of drug-likeness (QED) is 0.381. The molecular weight excluding hydrogens is 383 g/mol. The van der Waals surface area contributed by atoms with Gasteiger partial charge >= 0.3 is 156 Å². The molecule has 0 unspecified atom stereocenters. The van der Waals surface area contributed by atoms with Crippen molar-refractivity contribution in [2.75, 3.05) is 19.6 Å². The Hall–Kier alpha value is 0.790. The van der Waals surface area contributed by atoms with Crippen LogP contribution in [0.1, 0.15) is 75.2 Å². The summed E-state index contributed by atoms with van der Waals surface area (Å²) in [5.74, 6) is 0. The normalized spacial score (nSPS) is 12.7. The van der Waals surface area contributed by atoms with Gasteiger partial charge in [-0.1, -0.05) is 0 Å². The van der Waals surface area contributed by atoms with Crippen LogP contribution < -0.4 is 0 Å². The van der Waals surface area contributed by atoms with Gasteiger partial charge < -0.3 is 0 Å². The van der Waals surface area contributed by atoms with Crippen LogP contribution in [0.25, 0.3) is 0 Å². The van der Waals surface area contributed by atoms with Crippen molar-refractivity contribution in [2.24, 2.45) is 0 Å². The first-order valence-corrected chi connectivity index (χ1v) is 16.8.